The molecule has 2 heterocycles. The Morgan fingerprint density at radius 1 is 1.00 bits per heavy atom. The molecule has 0 radical (unpaired) electrons. The number of benzene rings is 2. The molecule has 1 saturated carbocycles. The first-order chi connectivity index (χ1) is 17.3. The lowest BCUT2D eigenvalue weighted by Crippen LogP contribution is -2.43. The van der Waals surface area contributed by atoms with Gasteiger partial charge in [-0.25, -0.2) is 9.78 Å². The molecule has 1 aliphatic carbocycles. The van der Waals surface area contributed by atoms with Gasteiger partial charge in [-0.05, 0) is 55.6 Å². The molecule has 0 N–H and O–H groups in total. The Labute approximate surface area is 212 Å². The maximum Gasteiger partial charge on any atom is 0.410 e. The van der Waals surface area contributed by atoms with Crippen LogP contribution in [0.25, 0.3) is 0 Å². The number of carbonyl (C=O) groups is 1. The SMILES string of the molecule is Cc1nc2c(c(=O)n1C(c1ccccc1)c1ccccc1)CCN(C(=O)OC1CCC(C)(C)CC1)C2. The van der Waals surface area contributed by atoms with E-state index in [4.69, 9.17) is 9.72 Å². The minimum atomic E-state index is -0.291. The van der Waals surface area contributed by atoms with E-state index in [0.717, 1.165) is 36.8 Å². The van der Waals surface area contributed by atoms with Gasteiger partial charge in [0.1, 0.15) is 11.9 Å². The molecule has 188 valence electrons. The summed E-state index contributed by atoms with van der Waals surface area (Å²) in [6.45, 7) is 7.19. The van der Waals surface area contributed by atoms with Crippen LogP contribution in [-0.4, -0.2) is 33.2 Å². The topological polar surface area (TPSA) is 64.4 Å². The summed E-state index contributed by atoms with van der Waals surface area (Å²) < 4.78 is 7.66. The highest BCUT2D eigenvalue weighted by Gasteiger charge is 2.32. The molecular weight excluding hydrogens is 450 g/mol. The molecule has 36 heavy (non-hydrogen) atoms. The molecule has 5 rings (SSSR count). The maximum absolute atomic E-state index is 13.9. The Kier molecular flexibility index (Phi) is 6.69. The Hall–Kier alpha value is -3.41. The van der Waals surface area contributed by atoms with Crippen LogP contribution in [0.2, 0.25) is 0 Å². The van der Waals surface area contributed by atoms with Crippen molar-refractivity contribution in [3.63, 3.8) is 0 Å². The van der Waals surface area contributed by atoms with Gasteiger partial charge in [0, 0.05) is 12.1 Å². The number of rotatable bonds is 4. The van der Waals surface area contributed by atoms with Crippen molar-refractivity contribution in [1.82, 2.24) is 14.5 Å². The van der Waals surface area contributed by atoms with Gasteiger partial charge < -0.3 is 9.64 Å². The van der Waals surface area contributed by atoms with Crippen molar-refractivity contribution in [2.24, 2.45) is 5.41 Å². The van der Waals surface area contributed by atoms with Gasteiger partial charge in [0.15, 0.2) is 0 Å². The highest BCUT2D eigenvalue weighted by atomic mass is 16.6. The van der Waals surface area contributed by atoms with Crippen LogP contribution in [0.15, 0.2) is 65.5 Å². The Morgan fingerprint density at radius 2 is 1.58 bits per heavy atom. The minimum Gasteiger partial charge on any atom is -0.446 e. The van der Waals surface area contributed by atoms with Crippen LogP contribution in [0.1, 0.15) is 73.8 Å². The summed E-state index contributed by atoms with van der Waals surface area (Å²) in [4.78, 5) is 33.4. The molecule has 0 atom stereocenters. The van der Waals surface area contributed by atoms with Gasteiger partial charge in [0.05, 0.1) is 18.3 Å². The summed E-state index contributed by atoms with van der Waals surface area (Å²) in [6, 6.07) is 19.9. The molecule has 1 amide bonds. The van der Waals surface area contributed by atoms with E-state index in [0.29, 0.717) is 42.0 Å². The highest BCUT2D eigenvalue weighted by Crippen LogP contribution is 2.36. The van der Waals surface area contributed by atoms with E-state index in [-0.39, 0.29) is 23.8 Å². The van der Waals surface area contributed by atoms with E-state index in [2.05, 4.69) is 13.8 Å². The van der Waals surface area contributed by atoms with Crippen molar-refractivity contribution in [3.05, 3.63) is 99.2 Å². The number of amides is 1. The standard InChI is InChI=1S/C30H35N3O3/c1-21-31-26-20-32(29(35)36-24-14-17-30(2,3)18-15-24)19-16-25(26)28(34)33(21)27(22-10-6-4-7-11-22)23-12-8-5-9-13-23/h4-13,24,27H,14-20H2,1-3H3. The van der Waals surface area contributed by atoms with E-state index in [1.54, 1.807) is 9.47 Å². The molecular formula is C30H35N3O3. The third-order valence-electron chi connectivity index (χ3n) is 7.74. The summed E-state index contributed by atoms with van der Waals surface area (Å²) in [5, 5.41) is 0. The molecule has 0 unspecified atom stereocenters. The highest BCUT2D eigenvalue weighted by molar-refractivity contribution is 5.68. The van der Waals surface area contributed by atoms with E-state index in [1.165, 1.54) is 0 Å². The summed E-state index contributed by atoms with van der Waals surface area (Å²) in [5.74, 6) is 0.640. The monoisotopic (exact) mass is 485 g/mol. The van der Waals surface area contributed by atoms with Gasteiger partial charge in [-0.2, -0.15) is 0 Å². The van der Waals surface area contributed by atoms with Gasteiger partial charge in [0.25, 0.3) is 5.56 Å². The molecule has 0 spiro atoms. The van der Waals surface area contributed by atoms with Crippen molar-refractivity contribution < 1.29 is 9.53 Å². The Morgan fingerprint density at radius 3 is 2.17 bits per heavy atom. The molecule has 0 bridgehead atoms. The van der Waals surface area contributed by atoms with Crippen LogP contribution >= 0.6 is 0 Å². The zero-order chi connectivity index (χ0) is 25.3. The van der Waals surface area contributed by atoms with Crippen LogP contribution in [-0.2, 0) is 17.7 Å². The minimum absolute atomic E-state index is 0.0212. The molecule has 3 aromatic rings. The van der Waals surface area contributed by atoms with Crippen molar-refractivity contribution in [3.8, 4) is 0 Å². The smallest absolute Gasteiger partial charge is 0.410 e. The van der Waals surface area contributed by atoms with Gasteiger partial charge in [-0.3, -0.25) is 9.36 Å². The number of fused-ring (bicyclic) bond motifs is 1. The van der Waals surface area contributed by atoms with Crippen molar-refractivity contribution in [1.29, 1.82) is 0 Å². The fraction of sp³-hybridized carbons (Fsp3) is 0.433. The predicted molar refractivity (Wildman–Crippen MR) is 140 cm³/mol. The lowest BCUT2D eigenvalue weighted by atomic mass is 9.76. The van der Waals surface area contributed by atoms with Gasteiger partial charge in [0.2, 0.25) is 0 Å². The predicted octanol–water partition coefficient (Wildman–Crippen LogP) is 5.65. The lowest BCUT2D eigenvalue weighted by Gasteiger charge is -2.35. The number of carbonyl (C=O) groups excluding carboxylic acids is 1. The molecule has 1 aromatic heterocycles. The number of hydrogen-bond acceptors (Lipinski definition) is 4. The lowest BCUT2D eigenvalue weighted by molar-refractivity contribution is 0.0234. The molecule has 6 nitrogen and oxygen atoms in total. The second kappa shape index (κ2) is 9.92. The van der Waals surface area contributed by atoms with Gasteiger partial charge >= 0.3 is 6.09 Å². The molecule has 1 aliphatic heterocycles. The molecule has 2 aromatic carbocycles. The van der Waals surface area contributed by atoms with Crippen molar-refractivity contribution in [2.45, 2.75) is 71.6 Å². The number of hydrogen-bond donors (Lipinski definition) is 0. The van der Waals surface area contributed by atoms with Crippen LogP contribution in [0.3, 0.4) is 0 Å². The summed E-state index contributed by atoms with van der Waals surface area (Å²) >= 11 is 0. The summed E-state index contributed by atoms with van der Waals surface area (Å²) in [6.07, 6.45) is 4.12. The summed E-state index contributed by atoms with van der Waals surface area (Å²) in [7, 11) is 0. The molecule has 2 aliphatic rings. The van der Waals surface area contributed by atoms with Crippen LogP contribution in [0.5, 0.6) is 0 Å². The van der Waals surface area contributed by atoms with Gasteiger partial charge in [-0.15, -0.1) is 0 Å². The van der Waals surface area contributed by atoms with Crippen LogP contribution in [0.4, 0.5) is 4.79 Å². The first-order valence-electron chi connectivity index (χ1n) is 13.0. The third-order valence-corrected chi connectivity index (χ3v) is 7.74. The zero-order valence-corrected chi connectivity index (χ0v) is 21.4. The Balaban J connectivity index is 1.41. The van der Waals surface area contributed by atoms with Crippen LogP contribution in [0, 0.1) is 12.3 Å². The zero-order valence-electron chi connectivity index (χ0n) is 21.4. The molecule has 1 fully saturated rings. The fourth-order valence-corrected chi connectivity index (χ4v) is 5.55. The number of nitrogens with zero attached hydrogens (tertiary/aromatic N) is 3. The normalized spacial score (nSPS) is 17.6. The summed E-state index contributed by atoms with van der Waals surface area (Å²) in [5.41, 5.74) is 3.74. The van der Waals surface area contributed by atoms with E-state index in [9.17, 15) is 9.59 Å². The number of aryl methyl sites for hydroxylation is 1. The second-order valence-corrected chi connectivity index (χ2v) is 10.9. The number of ether oxygens (including phenoxy) is 1. The first-order valence-corrected chi connectivity index (χ1v) is 13.0. The largest absolute Gasteiger partial charge is 0.446 e. The third kappa shape index (κ3) is 4.95. The quantitative estimate of drug-likeness (QED) is 0.479. The van der Waals surface area contributed by atoms with E-state index < -0.39 is 0 Å². The van der Waals surface area contributed by atoms with Crippen molar-refractivity contribution in [2.75, 3.05) is 6.54 Å². The maximum atomic E-state index is 13.9. The Bertz CT molecular complexity index is 1230. The van der Waals surface area contributed by atoms with E-state index in [1.807, 2.05) is 67.6 Å². The number of aromatic nitrogens is 2. The average Bonchev–Trinajstić information content (AvgIpc) is 2.88. The first kappa shape index (κ1) is 24.3. The van der Waals surface area contributed by atoms with Crippen molar-refractivity contribution >= 4 is 6.09 Å². The second-order valence-electron chi connectivity index (χ2n) is 10.9. The fourth-order valence-electron chi connectivity index (χ4n) is 5.55. The van der Waals surface area contributed by atoms with E-state index >= 15 is 0 Å². The molecule has 6 heteroatoms. The van der Waals surface area contributed by atoms with Gasteiger partial charge in [-0.1, -0.05) is 74.5 Å². The molecule has 0 saturated heterocycles. The van der Waals surface area contributed by atoms with Crippen LogP contribution < -0.4 is 5.56 Å². The average molecular weight is 486 g/mol.